The minimum atomic E-state index is -0.00702. The molecule has 0 saturated carbocycles. The Hall–Kier alpha value is -2.35. The van der Waals surface area contributed by atoms with Gasteiger partial charge in [0.2, 0.25) is 0 Å². The van der Waals surface area contributed by atoms with Crippen LogP contribution in [0.2, 0.25) is 0 Å². The molecule has 0 aliphatic carbocycles. The Balaban J connectivity index is 1.34. The molecule has 0 atom stereocenters. The van der Waals surface area contributed by atoms with E-state index in [-0.39, 0.29) is 5.91 Å². The fourth-order valence-corrected chi connectivity index (χ4v) is 5.07. The third-order valence-corrected chi connectivity index (χ3v) is 6.98. The number of carbonyl (C=O) groups is 1. The maximum absolute atomic E-state index is 13.0. The molecule has 0 N–H and O–H groups in total. The number of rotatable bonds is 7. The molecule has 2 aliphatic heterocycles. The standard InChI is InChI=1S/C25H29N3O2S2/c1-3-15-30-22-9-7-20(8-10-22)17-23-24(29)28(25(31)32-23)18-26-11-13-27(14-12-26)21-6-4-5-19(2)16-21/h4-10,16-17H,3,11-15,18H2,1-2H3/b23-17-. The van der Waals surface area contributed by atoms with Crippen LogP contribution in [0.3, 0.4) is 0 Å². The lowest BCUT2D eigenvalue weighted by atomic mass is 10.2. The van der Waals surface area contributed by atoms with Crippen LogP contribution in [-0.2, 0) is 4.79 Å². The summed E-state index contributed by atoms with van der Waals surface area (Å²) in [6.07, 6.45) is 2.89. The van der Waals surface area contributed by atoms with E-state index in [1.807, 2.05) is 30.3 Å². The molecule has 2 aromatic rings. The van der Waals surface area contributed by atoms with E-state index in [4.69, 9.17) is 17.0 Å². The summed E-state index contributed by atoms with van der Waals surface area (Å²) >= 11 is 6.92. The summed E-state index contributed by atoms with van der Waals surface area (Å²) < 4.78 is 6.26. The topological polar surface area (TPSA) is 36.0 Å². The summed E-state index contributed by atoms with van der Waals surface area (Å²) in [5, 5.41) is 0. The van der Waals surface area contributed by atoms with E-state index in [0.717, 1.165) is 43.9 Å². The smallest absolute Gasteiger partial charge is 0.267 e. The van der Waals surface area contributed by atoms with E-state index in [2.05, 4.69) is 47.9 Å². The van der Waals surface area contributed by atoms with Gasteiger partial charge in [0.1, 0.15) is 10.1 Å². The van der Waals surface area contributed by atoms with Gasteiger partial charge in [-0.25, -0.2) is 0 Å². The number of nitrogens with zero attached hydrogens (tertiary/aromatic N) is 3. The zero-order valence-corrected chi connectivity index (χ0v) is 20.3. The molecule has 0 spiro atoms. The van der Waals surface area contributed by atoms with Gasteiger partial charge in [-0.05, 0) is 54.8 Å². The van der Waals surface area contributed by atoms with Crippen molar-refractivity contribution in [3.8, 4) is 5.75 Å². The first-order valence-corrected chi connectivity index (χ1v) is 12.3. The number of carbonyl (C=O) groups excluding carboxylic acids is 1. The number of aryl methyl sites for hydroxylation is 1. The van der Waals surface area contributed by atoms with E-state index in [1.54, 1.807) is 4.90 Å². The number of hydrogen-bond acceptors (Lipinski definition) is 6. The molecule has 0 bridgehead atoms. The van der Waals surface area contributed by atoms with Crippen molar-refractivity contribution in [3.63, 3.8) is 0 Å². The first-order chi connectivity index (χ1) is 15.5. The van der Waals surface area contributed by atoms with Crippen molar-refractivity contribution < 1.29 is 9.53 Å². The maximum Gasteiger partial charge on any atom is 0.267 e. The Morgan fingerprint density at radius 2 is 1.84 bits per heavy atom. The van der Waals surface area contributed by atoms with Crippen LogP contribution in [0.25, 0.3) is 6.08 Å². The summed E-state index contributed by atoms with van der Waals surface area (Å²) in [6.45, 7) is 9.16. The normalized spacial score (nSPS) is 18.6. The summed E-state index contributed by atoms with van der Waals surface area (Å²) in [5.41, 5.74) is 3.52. The minimum absolute atomic E-state index is 0.00702. The molecule has 4 rings (SSSR count). The van der Waals surface area contributed by atoms with Crippen molar-refractivity contribution in [2.75, 3.05) is 44.4 Å². The van der Waals surface area contributed by atoms with Crippen molar-refractivity contribution in [2.24, 2.45) is 0 Å². The van der Waals surface area contributed by atoms with E-state index in [9.17, 15) is 4.79 Å². The second-order valence-corrected chi connectivity index (χ2v) is 9.79. The van der Waals surface area contributed by atoms with Gasteiger partial charge in [-0.2, -0.15) is 0 Å². The second kappa shape index (κ2) is 10.5. The molecule has 7 heteroatoms. The molecule has 0 unspecified atom stereocenters. The van der Waals surface area contributed by atoms with Crippen LogP contribution in [0, 0.1) is 6.92 Å². The van der Waals surface area contributed by atoms with Gasteiger partial charge in [0, 0.05) is 31.9 Å². The van der Waals surface area contributed by atoms with Crippen molar-refractivity contribution in [3.05, 3.63) is 64.6 Å². The van der Waals surface area contributed by atoms with Gasteiger partial charge in [0.25, 0.3) is 5.91 Å². The lowest BCUT2D eigenvalue weighted by molar-refractivity contribution is -0.123. The Labute approximate surface area is 200 Å². The van der Waals surface area contributed by atoms with Gasteiger partial charge in [-0.3, -0.25) is 14.6 Å². The minimum Gasteiger partial charge on any atom is -0.494 e. The third-order valence-electron chi connectivity index (χ3n) is 5.60. The highest BCUT2D eigenvalue weighted by atomic mass is 32.2. The molecule has 32 heavy (non-hydrogen) atoms. The van der Waals surface area contributed by atoms with Gasteiger partial charge in [0.05, 0.1) is 18.2 Å². The van der Waals surface area contributed by atoms with Crippen molar-refractivity contribution >= 4 is 46.0 Å². The van der Waals surface area contributed by atoms with Crippen molar-refractivity contribution in [1.29, 1.82) is 0 Å². The molecule has 2 heterocycles. The van der Waals surface area contributed by atoms with E-state index < -0.39 is 0 Å². The SMILES string of the molecule is CCCOc1ccc(/C=C2\SC(=S)N(CN3CCN(c4cccc(C)c4)CC3)C2=O)cc1. The van der Waals surface area contributed by atoms with Crippen molar-refractivity contribution in [2.45, 2.75) is 20.3 Å². The van der Waals surface area contributed by atoms with Crippen LogP contribution in [0.1, 0.15) is 24.5 Å². The molecular weight excluding hydrogens is 438 g/mol. The average molecular weight is 468 g/mol. The molecule has 2 saturated heterocycles. The zero-order chi connectivity index (χ0) is 22.5. The highest BCUT2D eigenvalue weighted by Crippen LogP contribution is 2.33. The fourth-order valence-electron chi connectivity index (χ4n) is 3.83. The lowest BCUT2D eigenvalue weighted by Gasteiger charge is -2.37. The molecule has 1 amide bonds. The molecular formula is C25H29N3O2S2. The molecule has 2 aromatic carbocycles. The quantitative estimate of drug-likeness (QED) is 0.431. The average Bonchev–Trinajstić information content (AvgIpc) is 3.06. The van der Waals surface area contributed by atoms with Gasteiger partial charge < -0.3 is 9.64 Å². The van der Waals surface area contributed by atoms with Crippen LogP contribution < -0.4 is 9.64 Å². The largest absolute Gasteiger partial charge is 0.494 e. The Bertz CT molecular complexity index is 999. The number of anilines is 1. The number of hydrogen-bond donors (Lipinski definition) is 0. The van der Waals surface area contributed by atoms with Crippen LogP contribution in [-0.4, -0.2) is 59.5 Å². The van der Waals surface area contributed by atoms with E-state index in [1.165, 1.54) is 23.0 Å². The summed E-state index contributed by atoms with van der Waals surface area (Å²) in [5.74, 6) is 0.841. The number of amides is 1. The van der Waals surface area contributed by atoms with Gasteiger partial charge in [-0.1, -0.05) is 55.2 Å². The highest BCUT2D eigenvalue weighted by molar-refractivity contribution is 8.26. The number of thioether (sulfide) groups is 1. The fraction of sp³-hybridized carbons (Fsp3) is 0.360. The van der Waals surface area contributed by atoms with Gasteiger partial charge in [-0.15, -0.1) is 0 Å². The molecule has 2 fully saturated rings. The Morgan fingerprint density at radius 3 is 2.53 bits per heavy atom. The van der Waals surface area contributed by atoms with E-state index >= 15 is 0 Å². The number of ether oxygens (including phenoxy) is 1. The number of thiocarbonyl (C=S) groups is 1. The monoisotopic (exact) mass is 467 g/mol. The number of piperazine rings is 1. The molecule has 0 radical (unpaired) electrons. The summed E-state index contributed by atoms with van der Waals surface area (Å²) in [4.78, 5) is 20.1. The van der Waals surface area contributed by atoms with E-state index in [0.29, 0.717) is 22.5 Å². The van der Waals surface area contributed by atoms with Gasteiger partial charge in [0.15, 0.2) is 0 Å². The Morgan fingerprint density at radius 1 is 1.09 bits per heavy atom. The predicted molar refractivity (Wildman–Crippen MR) is 137 cm³/mol. The maximum atomic E-state index is 13.0. The molecule has 2 aliphatic rings. The summed E-state index contributed by atoms with van der Waals surface area (Å²) in [7, 11) is 0. The molecule has 0 aromatic heterocycles. The molecule has 168 valence electrons. The highest BCUT2D eigenvalue weighted by Gasteiger charge is 2.33. The first kappa shape index (κ1) is 22.8. The third kappa shape index (κ3) is 5.52. The summed E-state index contributed by atoms with van der Waals surface area (Å²) in [6, 6.07) is 16.4. The van der Waals surface area contributed by atoms with Crippen molar-refractivity contribution in [1.82, 2.24) is 9.80 Å². The van der Waals surface area contributed by atoms with Crippen LogP contribution in [0.4, 0.5) is 5.69 Å². The lowest BCUT2D eigenvalue weighted by Crippen LogP contribution is -2.50. The first-order valence-electron chi connectivity index (χ1n) is 11.1. The Kier molecular flexibility index (Phi) is 7.50. The second-order valence-electron chi connectivity index (χ2n) is 8.11. The van der Waals surface area contributed by atoms with Crippen LogP contribution >= 0.6 is 24.0 Å². The van der Waals surface area contributed by atoms with Crippen LogP contribution in [0.15, 0.2) is 53.4 Å². The van der Waals surface area contributed by atoms with Crippen LogP contribution in [0.5, 0.6) is 5.75 Å². The molecule has 5 nitrogen and oxygen atoms in total. The zero-order valence-electron chi connectivity index (χ0n) is 18.6. The number of benzene rings is 2. The predicted octanol–water partition coefficient (Wildman–Crippen LogP) is 4.76. The van der Waals surface area contributed by atoms with Gasteiger partial charge >= 0.3 is 0 Å².